The normalized spacial score (nSPS) is 23.3. The van der Waals surface area contributed by atoms with Crippen molar-refractivity contribution in [3.05, 3.63) is 0 Å². The van der Waals surface area contributed by atoms with Gasteiger partial charge >= 0.3 is 0 Å². The first kappa shape index (κ1) is 16.4. The van der Waals surface area contributed by atoms with Crippen molar-refractivity contribution < 1.29 is 14.3 Å². The van der Waals surface area contributed by atoms with E-state index in [9.17, 15) is 4.79 Å². The Morgan fingerprint density at radius 1 is 1.26 bits per heavy atom. The fourth-order valence-corrected chi connectivity index (χ4v) is 2.24. The number of hydrogen-bond acceptors (Lipinski definition) is 4. The molecule has 112 valence electrons. The van der Waals surface area contributed by atoms with Crippen molar-refractivity contribution in [1.29, 1.82) is 0 Å². The molecule has 5 heteroatoms. The maximum atomic E-state index is 11.5. The van der Waals surface area contributed by atoms with Gasteiger partial charge < -0.3 is 20.5 Å². The molecular weight excluding hydrogens is 244 g/mol. The minimum atomic E-state index is 0.0777. The number of ether oxygens (including phenoxy) is 2. The van der Waals surface area contributed by atoms with Crippen LogP contribution in [0.4, 0.5) is 0 Å². The average Bonchev–Trinajstić information content (AvgIpc) is 2.42. The third-order valence-corrected chi connectivity index (χ3v) is 3.39. The number of nitrogens with two attached hydrogens (primary N) is 1. The summed E-state index contributed by atoms with van der Waals surface area (Å²) in [5, 5.41) is 2.86. The number of rotatable bonds is 9. The van der Waals surface area contributed by atoms with E-state index in [1.54, 1.807) is 0 Å². The van der Waals surface area contributed by atoms with Gasteiger partial charge in [0.1, 0.15) is 0 Å². The van der Waals surface area contributed by atoms with Crippen LogP contribution in [0, 0.1) is 0 Å². The molecule has 1 amide bonds. The summed E-state index contributed by atoms with van der Waals surface area (Å²) in [5.41, 5.74) is 5.84. The lowest BCUT2D eigenvalue weighted by Gasteiger charge is -2.26. The lowest BCUT2D eigenvalue weighted by atomic mass is 9.94. The van der Waals surface area contributed by atoms with Gasteiger partial charge in [-0.3, -0.25) is 4.79 Å². The minimum Gasteiger partial charge on any atom is -0.382 e. The second-order valence-corrected chi connectivity index (χ2v) is 5.06. The summed E-state index contributed by atoms with van der Waals surface area (Å²) >= 11 is 0. The molecule has 1 rings (SSSR count). The predicted octanol–water partition coefficient (Wildman–Crippen LogP) is 1.21. The van der Waals surface area contributed by atoms with Crippen LogP contribution in [0.15, 0.2) is 0 Å². The summed E-state index contributed by atoms with van der Waals surface area (Å²) in [4.78, 5) is 11.5. The molecule has 0 aliphatic heterocycles. The summed E-state index contributed by atoms with van der Waals surface area (Å²) in [6.45, 7) is 4.51. The van der Waals surface area contributed by atoms with Crippen molar-refractivity contribution >= 4 is 5.91 Å². The van der Waals surface area contributed by atoms with E-state index >= 15 is 0 Å². The van der Waals surface area contributed by atoms with E-state index in [1.807, 2.05) is 6.92 Å². The molecule has 0 spiro atoms. The largest absolute Gasteiger partial charge is 0.382 e. The Labute approximate surface area is 116 Å². The summed E-state index contributed by atoms with van der Waals surface area (Å²) in [5.74, 6) is 0.0777. The quantitative estimate of drug-likeness (QED) is 0.619. The van der Waals surface area contributed by atoms with Crippen LogP contribution in [0.1, 0.15) is 45.4 Å². The van der Waals surface area contributed by atoms with Gasteiger partial charge in [-0.1, -0.05) is 0 Å². The number of carbonyl (C=O) groups is 1. The maximum absolute atomic E-state index is 11.5. The highest BCUT2D eigenvalue weighted by molar-refractivity contribution is 5.75. The molecule has 0 unspecified atom stereocenters. The molecule has 1 aliphatic rings. The lowest BCUT2D eigenvalue weighted by Crippen LogP contribution is -2.33. The third-order valence-electron chi connectivity index (χ3n) is 3.39. The first-order valence-corrected chi connectivity index (χ1v) is 7.44. The van der Waals surface area contributed by atoms with Crippen molar-refractivity contribution in [2.45, 2.75) is 57.6 Å². The van der Waals surface area contributed by atoms with Crippen molar-refractivity contribution in [2.75, 3.05) is 26.4 Å². The summed E-state index contributed by atoms with van der Waals surface area (Å²) < 4.78 is 10.9. The highest BCUT2D eigenvalue weighted by Gasteiger charge is 2.18. The molecule has 0 aromatic rings. The first-order valence-electron chi connectivity index (χ1n) is 7.44. The van der Waals surface area contributed by atoms with Crippen LogP contribution in [0.5, 0.6) is 0 Å². The fourth-order valence-electron chi connectivity index (χ4n) is 2.24. The van der Waals surface area contributed by atoms with E-state index in [2.05, 4.69) is 5.32 Å². The highest BCUT2D eigenvalue weighted by Crippen LogP contribution is 2.19. The van der Waals surface area contributed by atoms with E-state index < -0.39 is 0 Å². The molecule has 1 fully saturated rings. The Hall–Kier alpha value is -0.650. The molecule has 3 N–H and O–H groups in total. The van der Waals surface area contributed by atoms with Gasteiger partial charge in [0, 0.05) is 32.2 Å². The van der Waals surface area contributed by atoms with Gasteiger partial charge in [-0.15, -0.1) is 0 Å². The van der Waals surface area contributed by atoms with E-state index in [0.29, 0.717) is 44.9 Å². The predicted molar refractivity (Wildman–Crippen MR) is 74.9 cm³/mol. The SMILES string of the molecule is CCOCCCC(=O)NCCOC1CCC(N)CC1. The van der Waals surface area contributed by atoms with Crippen LogP contribution in [-0.4, -0.2) is 44.4 Å². The number of carbonyl (C=O) groups excluding carboxylic acids is 1. The van der Waals surface area contributed by atoms with Crippen LogP contribution in [0.3, 0.4) is 0 Å². The maximum Gasteiger partial charge on any atom is 0.220 e. The molecule has 0 bridgehead atoms. The van der Waals surface area contributed by atoms with E-state index in [1.165, 1.54) is 0 Å². The second-order valence-electron chi connectivity index (χ2n) is 5.06. The third kappa shape index (κ3) is 8.18. The van der Waals surface area contributed by atoms with Crippen molar-refractivity contribution in [1.82, 2.24) is 5.32 Å². The molecule has 0 aromatic carbocycles. The Bertz CT molecular complexity index is 241. The van der Waals surface area contributed by atoms with Gasteiger partial charge in [-0.05, 0) is 39.0 Å². The van der Waals surface area contributed by atoms with Gasteiger partial charge in [0.2, 0.25) is 5.91 Å². The zero-order valence-electron chi connectivity index (χ0n) is 12.0. The molecule has 1 saturated carbocycles. The summed E-state index contributed by atoms with van der Waals surface area (Å²) in [7, 11) is 0. The van der Waals surface area contributed by atoms with Gasteiger partial charge in [0.25, 0.3) is 0 Å². The fraction of sp³-hybridized carbons (Fsp3) is 0.929. The van der Waals surface area contributed by atoms with E-state index in [4.69, 9.17) is 15.2 Å². The van der Waals surface area contributed by atoms with Crippen LogP contribution in [0.2, 0.25) is 0 Å². The molecule has 0 heterocycles. The van der Waals surface area contributed by atoms with Gasteiger partial charge in [-0.25, -0.2) is 0 Å². The van der Waals surface area contributed by atoms with Crippen LogP contribution in [0.25, 0.3) is 0 Å². The van der Waals surface area contributed by atoms with Gasteiger partial charge in [0.15, 0.2) is 0 Å². The molecule has 0 atom stereocenters. The molecule has 19 heavy (non-hydrogen) atoms. The monoisotopic (exact) mass is 272 g/mol. The Morgan fingerprint density at radius 3 is 2.68 bits per heavy atom. The molecule has 0 saturated heterocycles. The Balaban J connectivity index is 1.91. The Morgan fingerprint density at radius 2 is 2.00 bits per heavy atom. The first-order chi connectivity index (χ1) is 9.22. The zero-order chi connectivity index (χ0) is 13.9. The average molecular weight is 272 g/mol. The Kier molecular flexibility index (Phi) is 8.79. The lowest BCUT2D eigenvalue weighted by molar-refractivity contribution is -0.121. The standard InChI is InChI=1S/C14H28N2O3/c1-2-18-10-3-4-14(17)16-9-11-19-13-7-5-12(15)6-8-13/h12-13H,2-11,15H2,1H3,(H,16,17). The van der Waals surface area contributed by atoms with Gasteiger partial charge in [-0.2, -0.15) is 0 Å². The number of hydrogen-bond donors (Lipinski definition) is 2. The molecule has 5 nitrogen and oxygen atoms in total. The van der Waals surface area contributed by atoms with Crippen LogP contribution < -0.4 is 11.1 Å². The molecular formula is C14H28N2O3. The van der Waals surface area contributed by atoms with E-state index in [0.717, 1.165) is 32.1 Å². The van der Waals surface area contributed by atoms with Crippen LogP contribution in [-0.2, 0) is 14.3 Å². The van der Waals surface area contributed by atoms with Crippen molar-refractivity contribution in [2.24, 2.45) is 5.73 Å². The highest BCUT2D eigenvalue weighted by atomic mass is 16.5. The van der Waals surface area contributed by atoms with Crippen molar-refractivity contribution in [3.63, 3.8) is 0 Å². The molecule has 0 radical (unpaired) electrons. The molecule has 0 aromatic heterocycles. The van der Waals surface area contributed by atoms with Crippen LogP contribution >= 0.6 is 0 Å². The minimum absolute atomic E-state index is 0.0777. The van der Waals surface area contributed by atoms with Crippen molar-refractivity contribution in [3.8, 4) is 0 Å². The smallest absolute Gasteiger partial charge is 0.220 e. The number of amides is 1. The summed E-state index contributed by atoms with van der Waals surface area (Å²) in [6.07, 6.45) is 5.82. The summed E-state index contributed by atoms with van der Waals surface area (Å²) in [6, 6.07) is 0.352. The molecule has 1 aliphatic carbocycles. The van der Waals surface area contributed by atoms with Gasteiger partial charge in [0.05, 0.1) is 12.7 Å². The number of nitrogens with one attached hydrogen (secondary N) is 1. The zero-order valence-corrected chi connectivity index (χ0v) is 12.0. The van der Waals surface area contributed by atoms with E-state index in [-0.39, 0.29) is 5.91 Å². The topological polar surface area (TPSA) is 73.6 Å². The second kappa shape index (κ2) is 10.2.